The van der Waals surface area contributed by atoms with Crippen LogP contribution in [0.3, 0.4) is 0 Å². The molecule has 1 amide bonds. The van der Waals surface area contributed by atoms with E-state index in [0.717, 1.165) is 50.5 Å². The molecule has 1 aromatic carbocycles. The number of hydrogen-bond acceptors (Lipinski definition) is 4. The lowest BCUT2D eigenvalue weighted by Crippen LogP contribution is -2.38. The second-order valence-corrected chi connectivity index (χ2v) is 6.10. The Labute approximate surface area is 142 Å². The van der Waals surface area contributed by atoms with Crippen LogP contribution in [0.1, 0.15) is 22.5 Å². The summed E-state index contributed by atoms with van der Waals surface area (Å²) in [5.41, 5.74) is 3.49. The van der Waals surface area contributed by atoms with E-state index in [9.17, 15) is 4.79 Å². The molecule has 0 bridgehead atoms. The molecule has 1 aliphatic heterocycles. The molecule has 0 radical (unpaired) electrons. The Bertz CT molecular complexity index is 660. The van der Waals surface area contributed by atoms with Crippen LogP contribution in [0.5, 0.6) is 0 Å². The Morgan fingerprint density at radius 3 is 2.79 bits per heavy atom. The third kappa shape index (κ3) is 4.43. The highest BCUT2D eigenvalue weighted by Gasteiger charge is 2.12. The maximum atomic E-state index is 12.2. The SMILES string of the molecule is Cc1ccc(-c2cc(C(=O)NCCCN3CCOCC3)[nH]n2)cc1. The molecule has 0 aliphatic carbocycles. The highest BCUT2D eigenvalue weighted by Crippen LogP contribution is 2.18. The highest BCUT2D eigenvalue weighted by molar-refractivity contribution is 5.93. The van der Waals surface area contributed by atoms with E-state index in [4.69, 9.17) is 4.74 Å². The summed E-state index contributed by atoms with van der Waals surface area (Å²) >= 11 is 0. The summed E-state index contributed by atoms with van der Waals surface area (Å²) in [6.45, 7) is 7.27. The largest absolute Gasteiger partial charge is 0.379 e. The highest BCUT2D eigenvalue weighted by atomic mass is 16.5. The number of benzene rings is 1. The molecule has 2 heterocycles. The van der Waals surface area contributed by atoms with Crippen molar-refractivity contribution in [2.75, 3.05) is 39.4 Å². The number of aryl methyl sites for hydroxylation is 1. The Hall–Kier alpha value is -2.18. The summed E-state index contributed by atoms with van der Waals surface area (Å²) in [7, 11) is 0. The lowest BCUT2D eigenvalue weighted by atomic mass is 10.1. The maximum absolute atomic E-state index is 12.2. The summed E-state index contributed by atoms with van der Waals surface area (Å²) in [4.78, 5) is 14.5. The first-order valence-electron chi connectivity index (χ1n) is 8.43. The number of ether oxygens (including phenoxy) is 1. The summed E-state index contributed by atoms with van der Waals surface area (Å²) in [5, 5.41) is 10.00. The number of hydrogen-bond donors (Lipinski definition) is 2. The van der Waals surface area contributed by atoms with Crippen molar-refractivity contribution in [1.29, 1.82) is 0 Å². The molecule has 128 valence electrons. The molecule has 3 rings (SSSR count). The number of rotatable bonds is 6. The molecule has 2 aromatic rings. The van der Waals surface area contributed by atoms with E-state index in [1.54, 1.807) is 6.07 Å². The van der Waals surface area contributed by atoms with Gasteiger partial charge in [-0.15, -0.1) is 0 Å². The van der Waals surface area contributed by atoms with Crippen LogP contribution in [0.2, 0.25) is 0 Å². The van der Waals surface area contributed by atoms with Gasteiger partial charge in [-0.2, -0.15) is 5.10 Å². The average Bonchev–Trinajstić information content (AvgIpc) is 3.10. The lowest BCUT2D eigenvalue weighted by Gasteiger charge is -2.26. The normalized spacial score (nSPS) is 15.4. The van der Waals surface area contributed by atoms with Gasteiger partial charge in [0.25, 0.3) is 5.91 Å². The van der Waals surface area contributed by atoms with Crippen molar-refractivity contribution in [3.8, 4) is 11.3 Å². The van der Waals surface area contributed by atoms with Crippen LogP contribution in [0.4, 0.5) is 0 Å². The number of nitrogens with one attached hydrogen (secondary N) is 2. The molecule has 1 aromatic heterocycles. The molecular weight excluding hydrogens is 304 g/mol. The number of aromatic amines is 1. The predicted octanol–water partition coefficient (Wildman–Crippen LogP) is 1.84. The molecule has 6 nitrogen and oxygen atoms in total. The van der Waals surface area contributed by atoms with Gasteiger partial charge < -0.3 is 10.1 Å². The number of nitrogens with zero attached hydrogens (tertiary/aromatic N) is 2. The minimum Gasteiger partial charge on any atom is -0.379 e. The van der Waals surface area contributed by atoms with Crippen molar-refractivity contribution in [3.05, 3.63) is 41.6 Å². The first-order chi connectivity index (χ1) is 11.7. The van der Waals surface area contributed by atoms with Crippen molar-refractivity contribution >= 4 is 5.91 Å². The van der Waals surface area contributed by atoms with Crippen molar-refractivity contribution in [2.45, 2.75) is 13.3 Å². The molecule has 2 N–H and O–H groups in total. The smallest absolute Gasteiger partial charge is 0.269 e. The van der Waals surface area contributed by atoms with Gasteiger partial charge in [-0.1, -0.05) is 29.8 Å². The topological polar surface area (TPSA) is 70.2 Å². The summed E-state index contributed by atoms with van der Waals surface area (Å²) in [5.74, 6) is -0.108. The fourth-order valence-corrected chi connectivity index (χ4v) is 2.73. The molecule has 1 saturated heterocycles. The zero-order valence-electron chi connectivity index (χ0n) is 14.0. The van der Waals surface area contributed by atoms with Gasteiger partial charge in [0.2, 0.25) is 0 Å². The minimum atomic E-state index is -0.108. The van der Waals surface area contributed by atoms with Crippen LogP contribution < -0.4 is 5.32 Å². The average molecular weight is 328 g/mol. The van der Waals surface area contributed by atoms with Crippen LogP contribution in [0.15, 0.2) is 30.3 Å². The van der Waals surface area contributed by atoms with Gasteiger partial charge in [0.05, 0.1) is 18.9 Å². The zero-order chi connectivity index (χ0) is 16.8. The number of aromatic nitrogens is 2. The second kappa shape index (κ2) is 8.08. The van der Waals surface area contributed by atoms with Gasteiger partial charge in [0, 0.05) is 25.2 Å². The van der Waals surface area contributed by atoms with Crippen molar-refractivity contribution in [1.82, 2.24) is 20.4 Å². The molecule has 24 heavy (non-hydrogen) atoms. The third-order valence-electron chi connectivity index (χ3n) is 4.21. The van der Waals surface area contributed by atoms with E-state index in [0.29, 0.717) is 12.2 Å². The lowest BCUT2D eigenvalue weighted by molar-refractivity contribution is 0.0374. The van der Waals surface area contributed by atoms with Gasteiger partial charge >= 0.3 is 0 Å². The monoisotopic (exact) mass is 328 g/mol. The molecule has 0 atom stereocenters. The standard InChI is InChI=1S/C18H24N4O2/c1-14-3-5-15(6-4-14)16-13-17(21-20-16)18(23)19-7-2-8-22-9-11-24-12-10-22/h3-6,13H,2,7-12H2,1H3,(H,19,23)(H,20,21). The van der Waals surface area contributed by atoms with Crippen LogP contribution >= 0.6 is 0 Å². The van der Waals surface area contributed by atoms with E-state index in [1.807, 2.05) is 31.2 Å². The zero-order valence-corrected chi connectivity index (χ0v) is 14.0. The number of carbonyl (C=O) groups is 1. The number of carbonyl (C=O) groups excluding carboxylic acids is 1. The first kappa shape index (κ1) is 16.7. The van der Waals surface area contributed by atoms with Crippen LogP contribution in [0, 0.1) is 6.92 Å². The van der Waals surface area contributed by atoms with Gasteiger partial charge in [0.1, 0.15) is 5.69 Å². The second-order valence-electron chi connectivity index (χ2n) is 6.10. The van der Waals surface area contributed by atoms with Gasteiger partial charge in [-0.3, -0.25) is 14.8 Å². The van der Waals surface area contributed by atoms with E-state index in [1.165, 1.54) is 5.56 Å². The summed E-state index contributed by atoms with van der Waals surface area (Å²) in [6.07, 6.45) is 0.935. The van der Waals surface area contributed by atoms with Crippen LogP contribution in [-0.2, 0) is 4.74 Å². The molecule has 1 fully saturated rings. The van der Waals surface area contributed by atoms with E-state index < -0.39 is 0 Å². The van der Waals surface area contributed by atoms with E-state index in [2.05, 4.69) is 20.4 Å². The fourth-order valence-electron chi connectivity index (χ4n) is 2.73. The van der Waals surface area contributed by atoms with Gasteiger partial charge in [-0.25, -0.2) is 0 Å². The van der Waals surface area contributed by atoms with Crippen molar-refractivity contribution < 1.29 is 9.53 Å². The predicted molar refractivity (Wildman–Crippen MR) is 93.0 cm³/mol. The fraction of sp³-hybridized carbons (Fsp3) is 0.444. The molecule has 0 saturated carbocycles. The first-order valence-corrected chi connectivity index (χ1v) is 8.43. The van der Waals surface area contributed by atoms with Crippen molar-refractivity contribution in [3.63, 3.8) is 0 Å². The van der Waals surface area contributed by atoms with Gasteiger partial charge in [-0.05, 0) is 26.0 Å². The Kier molecular flexibility index (Phi) is 5.61. The van der Waals surface area contributed by atoms with Gasteiger partial charge in [0.15, 0.2) is 0 Å². The molecular formula is C18H24N4O2. The number of H-pyrrole nitrogens is 1. The van der Waals surface area contributed by atoms with Crippen molar-refractivity contribution in [2.24, 2.45) is 0 Å². The number of amides is 1. The third-order valence-corrected chi connectivity index (χ3v) is 4.21. The maximum Gasteiger partial charge on any atom is 0.269 e. The molecule has 6 heteroatoms. The summed E-state index contributed by atoms with van der Waals surface area (Å²) < 4.78 is 5.32. The van der Waals surface area contributed by atoms with E-state index in [-0.39, 0.29) is 5.91 Å². The quantitative estimate of drug-likeness (QED) is 0.794. The van der Waals surface area contributed by atoms with E-state index >= 15 is 0 Å². The Morgan fingerprint density at radius 2 is 2.04 bits per heavy atom. The Morgan fingerprint density at radius 1 is 1.29 bits per heavy atom. The summed E-state index contributed by atoms with van der Waals surface area (Å²) in [6, 6.07) is 9.89. The minimum absolute atomic E-state index is 0.108. The van der Waals surface area contributed by atoms with Crippen LogP contribution in [0.25, 0.3) is 11.3 Å². The van der Waals surface area contributed by atoms with Crippen LogP contribution in [-0.4, -0.2) is 60.4 Å². The molecule has 0 unspecified atom stereocenters. The molecule has 0 spiro atoms. The molecule has 1 aliphatic rings. The number of morpholine rings is 1. The Balaban J connectivity index is 1.46.